The van der Waals surface area contributed by atoms with Crippen molar-refractivity contribution in [3.8, 4) is 6.07 Å². The minimum atomic E-state index is -0.237. The summed E-state index contributed by atoms with van der Waals surface area (Å²) in [7, 11) is 0. The van der Waals surface area contributed by atoms with Crippen molar-refractivity contribution >= 4 is 33.2 Å². The smallest absolute Gasteiger partial charge is 0.111 e. The summed E-state index contributed by atoms with van der Waals surface area (Å²) in [6, 6.07) is 7.33. The molecule has 4 heteroatoms. The lowest BCUT2D eigenvalue weighted by Gasteiger charge is -2.09. The number of nitriles is 1. The van der Waals surface area contributed by atoms with Crippen molar-refractivity contribution < 1.29 is 0 Å². The highest BCUT2D eigenvalue weighted by Crippen LogP contribution is 2.25. The van der Waals surface area contributed by atoms with Crippen LogP contribution >= 0.6 is 27.5 Å². The van der Waals surface area contributed by atoms with Crippen molar-refractivity contribution in [2.75, 3.05) is 5.32 Å². The van der Waals surface area contributed by atoms with E-state index in [4.69, 9.17) is 16.9 Å². The summed E-state index contributed by atoms with van der Waals surface area (Å²) < 4.78 is 0.924. The van der Waals surface area contributed by atoms with Crippen molar-refractivity contribution in [1.29, 1.82) is 5.26 Å². The van der Waals surface area contributed by atoms with Crippen molar-refractivity contribution in [1.82, 2.24) is 0 Å². The summed E-state index contributed by atoms with van der Waals surface area (Å²) in [6.07, 6.45) is 0. The number of hydrogen-bond donors (Lipinski definition) is 1. The van der Waals surface area contributed by atoms with Gasteiger partial charge in [0.15, 0.2) is 0 Å². The molecule has 0 radical (unpaired) electrons. The average Bonchev–Trinajstić information content (AvgIpc) is 2.09. The minimum Gasteiger partial charge on any atom is -0.369 e. The summed E-state index contributed by atoms with van der Waals surface area (Å²) in [4.78, 5) is 0. The largest absolute Gasteiger partial charge is 0.369 e. The van der Waals surface area contributed by atoms with Gasteiger partial charge in [0.25, 0.3) is 0 Å². The molecule has 2 nitrogen and oxygen atoms in total. The van der Waals surface area contributed by atoms with E-state index in [-0.39, 0.29) is 6.04 Å². The normalized spacial score (nSPS) is 11.8. The van der Waals surface area contributed by atoms with Crippen LogP contribution in [-0.2, 0) is 0 Å². The Labute approximate surface area is 90.6 Å². The number of hydrogen-bond acceptors (Lipinski definition) is 2. The molecule has 1 N–H and O–H groups in total. The molecule has 0 aliphatic carbocycles. The van der Waals surface area contributed by atoms with E-state index >= 15 is 0 Å². The quantitative estimate of drug-likeness (QED) is 0.883. The van der Waals surface area contributed by atoms with Gasteiger partial charge in [0.2, 0.25) is 0 Å². The molecule has 13 heavy (non-hydrogen) atoms. The van der Waals surface area contributed by atoms with E-state index in [9.17, 15) is 0 Å². The molecule has 0 spiro atoms. The zero-order valence-corrected chi connectivity index (χ0v) is 9.35. The van der Waals surface area contributed by atoms with Crippen LogP contribution in [0.4, 0.5) is 5.69 Å². The third kappa shape index (κ3) is 2.91. The van der Waals surface area contributed by atoms with E-state index in [1.165, 1.54) is 0 Å². The topological polar surface area (TPSA) is 35.8 Å². The molecule has 68 valence electrons. The molecule has 0 aliphatic heterocycles. The van der Waals surface area contributed by atoms with Crippen molar-refractivity contribution in [2.45, 2.75) is 13.0 Å². The van der Waals surface area contributed by atoms with Crippen LogP contribution in [-0.4, -0.2) is 6.04 Å². The van der Waals surface area contributed by atoms with Gasteiger partial charge in [-0.05, 0) is 25.1 Å². The Hall–Kier alpha value is -0.720. The molecule has 0 saturated carbocycles. The fraction of sp³-hybridized carbons (Fsp3) is 0.222. The molecule has 0 amide bonds. The summed E-state index contributed by atoms with van der Waals surface area (Å²) in [5.74, 6) is 0. The Balaban J connectivity index is 2.85. The minimum absolute atomic E-state index is 0.237. The fourth-order valence-corrected chi connectivity index (χ4v) is 1.60. The third-order valence-corrected chi connectivity index (χ3v) is 2.30. The van der Waals surface area contributed by atoms with Gasteiger partial charge in [-0.25, -0.2) is 0 Å². The number of nitrogens with one attached hydrogen (secondary N) is 1. The first kappa shape index (κ1) is 10.4. The van der Waals surface area contributed by atoms with Crippen molar-refractivity contribution in [3.05, 3.63) is 27.7 Å². The van der Waals surface area contributed by atoms with Gasteiger partial charge < -0.3 is 5.32 Å². The van der Waals surface area contributed by atoms with Gasteiger partial charge in [-0.2, -0.15) is 5.26 Å². The van der Waals surface area contributed by atoms with E-state index in [1.807, 2.05) is 12.1 Å². The Kier molecular flexibility index (Phi) is 3.58. The summed E-state index contributed by atoms with van der Waals surface area (Å²) in [5.41, 5.74) is 0.777. The van der Waals surface area contributed by atoms with Crippen LogP contribution < -0.4 is 5.32 Å². The van der Waals surface area contributed by atoms with Gasteiger partial charge in [0.05, 0.1) is 16.8 Å². The SMILES string of the molecule is CC(C#N)Nc1ccc(Br)cc1Cl. The first-order valence-corrected chi connectivity index (χ1v) is 4.92. The fourth-order valence-electron chi connectivity index (χ4n) is 0.872. The Morgan fingerprint density at radius 2 is 2.31 bits per heavy atom. The maximum Gasteiger partial charge on any atom is 0.111 e. The Bertz CT molecular complexity index is 346. The van der Waals surface area contributed by atoms with Crippen molar-refractivity contribution in [3.63, 3.8) is 0 Å². The number of halogens is 2. The molecule has 0 saturated heterocycles. The highest BCUT2D eigenvalue weighted by atomic mass is 79.9. The zero-order chi connectivity index (χ0) is 9.84. The van der Waals surface area contributed by atoms with Crippen LogP contribution in [0.1, 0.15) is 6.92 Å². The maximum absolute atomic E-state index is 8.58. The maximum atomic E-state index is 8.58. The first-order valence-electron chi connectivity index (χ1n) is 3.74. The number of rotatable bonds is 2. The van der Waals surface area contributed by atoms with Gasteiger partial charge in [0.1, 0.15) is 6.04 Å². The van der Waals surface area contributed by atoms with E-state index in [2.05, 4.69) is 27.3 Å². The summed E-state index contributed by atoms with van der Waals surface area (Å²) >= 11 is 9.23. The van der Waals surface area contributed by atoms with Crippen LogP contribution in [0.25, 0.3) is 0 Å². The zero-order valence-electron chi connectivity index (χ0n) is 7.01. The molecule has 0 heterocycles. The molecule has 1 aromatic carbocycles. The van der Waals surface area contributed by atoms with Crippen LogP contribution in [0.2, 0.25) is 5.02 Å². The second-order valence-electron chi connectivity index (χ2n) is 2.62. The highest BCUT2D eigenvalue weighted by molar-refractivity contribution is 9.10. The molecule has 0 aliphatic rings. The monoisotopic (exact) mass is 258 g/mol. The van der Waals surface area contributed by atoms with Gasteiger partial charge in [0, 0.05) is 4.47 Å². The van der Waals surface area contributed by atoms with Crippen LogP contribution in [0.3, 0.4) is 0 Å². The molecule has 1 atom stereocenters. The predicted molar refractivity (Wildman–Crippen MR) is 57.8 cm³/mol. The molecular weight excluding hydrogens is 251 g/mol. The lowest BCUT2D eigenvalue weighted by atomic mass is 10.3. The number of nitrogens with zero attached hydrogens (tertiary/aromatic N) is 1. The van der Waals surface area contributed by atoms with E-state index in [0.29, 0.717) is 5.02 Å². The van der Waals surface area contributed by atoms with E-state index < -0.39 is 0 Å². The van der Waals surface area contributed by atoms with Gasteiger partial charge in [-0.1, -0.05) is 27.5 Å². The molecule has 0 fully saturated rings. The number of benzene rings is 1. The third-order valence-electron chi connectivity index (χ3n) is 1.50. The summed E-state index contributed by atoms with van der Waals surface area (Å²) in [6.45, 7) is 1.78. The second kappa shape index (κ2) is 4.50. The lowest BCUT2D eigenvalue weighted by molar-refractivity contribution is 1.01. The molecule has 0 aromatic heterocycles. The predicted octanol–water partition coefficient (Wildman–Crippen LogP) is 3.43. The van der Waals surface area contributed by atoms with Gasteiger partial charge in [-0.15, -0.1) is 0 Å². The number of anilines is 1. The summed E-state index contributed by atoms with van der Waals surface area (Å²) in [5, 5.41) is 12.2. The lowest BCUT2D eigenvalue weighted by Crippen LogP contribution is -2.12. The molecule has 1 rings (SSSR count). The highest BCUT2D eigenvalue weighted by Gasteiger charge is 2.03. The Morgan fingerprint density at radius 3 is 2.85 bits per heavy atom. The van der Waals surface area contributed by atoms with Crippen molar-refractivity contribution in [2.24, 2.45) is 0 Å². The van der Waals surface area contributed by atoms with Gasteiger partial charge >= 0.3 is 0 Å². The molecule has 1 unspecified atom stereocenters. The van der Waals surface area contributed by atoms with Crippen LogP contribution in [0, 0.1) is 11.3 Å². The molecule has 1 aromatic rings. The standard InChI is InChI=1S/C9H8BrClN2/c1-6(5-12)13-9-3-2-7(10)4-8(9)11/h2-4,6,13H,1H3. The molecule has 0 bridgehead atoms. The first-order chi connectivity index (χ1) is 6.13. The molecular formula is C9H8BrClN2. The Morgan fingerprint density at radius 1 is 1.62 bits per heavy atom. The van der Waals surface area contributed by atoms with E-state index in [0.717, 1.165) is 10.2 Å². The van der Waals surface area contributed by atoms with E-state index in [1.54, 1.807) is 13.0 Å². The van der Waals surface area contributed by atoms with Gasteiger partial charge in [-0.3, -0.25) is 0 Å². The van der Waals surface area contributed by atoms with Crippen LogP contribution in [0.15, 0.2) is 22.7 Å². The second-order valence-corrected chi connectivity index (χ2v) is 3.94. The van der Waals surface area contributed by atoms with Crippen LogP contribution in [0.5, 0.6) is 0 Å². The average molecular weight is 260 g/mol.